The number of anilines is 1. The molecule has 0 aliphatic heterocycles. The van der Waals surface area contributed by atoms with Crippen molar-refractivity contribution in [1.82, 2.24) is 25.5 Å². The highest BCUT2D eigenvalue weighted by molar-refractivity contribution is 6.01. The Hall–Kier alpha value is -4.21. The fourth-order valence-corrected chi connectivity index (χ4v) is 4.58. The third-order valence-electron chi connectivity index (χ3n) is 6.35. The van der Waals surface area contributed by atoms with E-state index in [-0.39, 0.29) is 30.2 Å². The third kappa shape index (κ3) is 4.93. The summed E-state index contributed by atoms with van der Waals surface area (Å²) in [4.78, 5) is 30.2. The highest BCUT2D eigenvalue weighted by atomic mass is 16.3. The lowest BCUT2D eigenvalue weighted by Gasteiger charge is -2.31. The van der Waals surface area contributed by atoms with E-state index in [0.29, 0.717) is 17.2 Å². The zero-order chi connectivity index (χ0) is 25.1. The minimum Gasteiger partial charge on any atom is -0.467 e. The molecule has 0 saturated heterocycles. The molecule has 1 aliphatic carbocycles. The van der Waals surface area contributed by atoms with Crippen LogP contribution >= 0.6 is 0 Å². The van der Waals surface area contributed by atoms with Crippen molar-refractivity contribution in [3.8, 4) is 11.6 Å². The summed E-state index contributed by atoms with van der Waals surface area (Å²) >= 11 is 0. The number of nitrogens with one attached hydrogen (secondary N) is 1. The molecule has 1 atom stereocenters. The fourth-order valence-electron chi connectivity index (χ4n) is 4.58. The highest BCUT2D eigenvalue weighted by Gasteiger charge is 2.37. The zero-order valence-corrected chi connectivity index (χ0v) is 20.3. The molecule has 3 aromatic heterocycles. The van der Waals surface area contributed by atoms with Crippen molar-refractivity contribution in [2.75, 3.05) is 4.90 Å². The van der Waals surface area contributed by atoms with Gasteiger partial charge in [-0.15, -0.1) is 10.2 Å². The first-order valence-corrected chi connectivity index (χ1v) is 12.1. The van der Waals surface area contributed by atoms with E-state index in [2.05, 4.69) is 20.7 Å². The van der Waals surface area contributed by atoms with Gasteiger partial charge in [-0.3, -0.25) is 14.5 Å². The van der Waals surface area contributed by atoms with Crippen molar-refractivity contribution >= 4 is 17.5 Å². The number of tetrazole rings is 1. The summed E-state index contributed by atoms with van der Waals surface area (Å²) in [6.45, 7) is 3.49. The van der Waals surface area contributed by atoms with E-state index < -0.39 is 6.04 Å². The summed E-state index contributed by atoms with van der Waals surface area (Å²) in [5.41, 5.74) is 1.45. The largest absolute Gasteiger partial charge is 0.467 e. The van der Waals surface area contributed by atoms with Crippen LogP contribution < -0.4 is 10.2 Å². The predicted molar refractivity (Wildman–Crippen MR) is 131 cm³/mol. The number of carbonyl (C=O) groups is 2. The van der Waals surface area contributed by atoms with Crippen LogP contribution in [-0.4, -0.2) is 38.1 Å². The molecule has 1 saturated carbocycles. The number of aromatic nitrogens is 4. The lowest BCUT2D eigenvalue weighted by Crippen LogP contribution is -2.47. The van der Waals surface area contributed by atoms with Crippen molar-refractivity contribution in [1.29, 1.82) is 0 Å². The van der Waals surface area contributed by atoms with E-state index in [1.807, 2.05) is 38.1 Å². The maximum Gasteiger partial charge on any atom is 0.251 e. The molecule has 3 heterocycles. The van der Waals surface area contributed by atoms with Gasteiger partial charge in [-0.05, 0) is 67.8 Å². The van der Waals surface area contributed by atoms with E-state index in [0.717, 1.165) is 37.0 Å². The smallest absolute Gasteiger partial charge is 0.251 e. The van der Waals surface area contributed by atoms with Crippen LogP contribution in [0.4, 0.5) is 5.69 Å². The van der Waals surface area contributed by atoms with Crippen molar-refractivity contribution < 1.29 is 18.4 Å². The third-order valence-corrected chi connectivity index (χ3v) is 6.35. The summed E-state index contributed by atoms with van der Waals surface area (Å²) in [5.74, 6) is 1.17. The summed E-state index contributed by atoms with van der Waals surface area (Å²) in [6, 6.07) is 13.5. The Balaban J connectivity index is 1.48. The van der Waals surface area contributed by atoms with E-state index in [4.69, 9.17) is 8.83 Å². The number of aryl methyl sites for hydroxylation is 2. The Labute approximate surface area is 208 Å². The van der Waals surface area contributed by atoms with E-state index in [1.165, 1.54) is 16.0 Å². The van der Waals surface area contributed by atoms with Crippen LogP contribution in [-0.2, 0) is 16.1 Å². The number of carbonyl (C=O) groups excluding carboxylic acids is 2. The fraction of sp³-hybridized carbons (Fsp3) is 0.346. The van der Waals surface area contributed by atoms with Gasteiger partial charge in [0, 0.05) is 11.7 Å². The van der Waals surface area contributed by atoms with Gasteiger partial charge in [0.25, 0.3) is 11.8 Å². The Bertz CT molecular complexity index is 1340. The van der Waals surface area contributed by atoms with E-state index in [9.17, 15) is 9.59 Å². The summed E-state index contributed by atoms with van der Waals surface area (Å²) in [5, 5.41) is 15.5. The monoisotopic (exact) mass is 488 g/mol. The lowest BCUT2D eigenvalue weighted by atomic mass is 10.1. The number of furan rings is 2. The Morgan fingerprint density at radius 3 is 2.61 bits per heavy atom. The van der Waals surface area contributed by atoms with Gasteiger partial charge in [-0.25, -0.2) is 0 Å². The molecule has 1 unspecified atom stereocenters. The lowest BCUT2D eigenvalue weighted by molar-refractivity contribution is -0.128. The van der Waals surface area contributed by atoms with Crippen LogP contribution in [0.1, 0.15) is 48.8 Å². The standard InChI is InChI=1S/C26H28N6O4/c1-17-8-3-6-11-20(17)32(23(33)16-31-29-25(28-30-31)22-14-13-18(2)36-22)24(21-12-7-15-35-21)26(34)27-19-9-4-5-10-19/h3,6-8,11-15,19,24H,4-5,9-10,16H2,1-2H3,(H,27,34). The molecule has 186 valence electrons. The number of rotatable bonds is 8. The average molecular weight is 489 g/mol. The molecular formula is C26H28N6O4. The normalized spacial score (nSPS) is 14.6. The van der Waals surface area contributed by atoms with E-state index >= 15 is 0 Å². The Kier molecular flexibility index (Phi) is 6.66. The Morgan fingerprint density at radius 1 is 1.11 bits per heavy atom. The number of hydrogen-bond acceptors (Lipinski definition) is 7. The molecule has 0 bridgehead atoms. The number of benzene rings is 1. The second-order valence-corrected chi connectivity index (χ2v) is 9.01. The zero-order valence-electron chi connectivity index (χ0n) is 20.3. The van der Waals surface area contributed by atoms with Crippen molar-refractivity contribution in [3.63, 3.8) is 0 Å². The molecule has 1 aliphatic rings. The molecule has 2 amide bonds. The van der Waals surface area contributed by atoms with Crippen LogP contribution in [0.2, 0.25) is 0 Å². The van der Waals surface area contributed by atoms with Gasteiger partial charge in [0.05, 0.1) is 6.26 Å². The molecule has 0 spiro atoms. The van der Waals surface area contributed by atoms with Gasteiger partial charge in [0.1, 0.15) is 18.1 Å². The number of amides is 2. The minimum atomic E-state index is -0.995. The number of hydrogen-bond donors (Lipinski definition) is 1. The molecule has 36 heavy (non-hydrogen) atoms. The van der Waals surface area contributed by atoms with Crippen LogP contribution in [0.5, 0.6) is 0 Å². The summed E-state index contributed by atoms with van der Waals surface area (Å²) in [7, 11) is 0. The van der Waals surface area contributed by atoms with E-state index in [1.54, 1.807) is 24.3 Å². The number of para-hydroxylation sites is 1. The SMILES string of the molecule is Cc1ccc(-c2nnn(CC(=O)N(c3ccccc3C)C(C(=O)NC3CCCC3)c3ccco3)n2)o1. The van der Waals surface area contributed by atoms with Gasteiger partial charge in [0.2, 0.25) is 5.82 Å². The molecule has 1 aromatic carbocycles. The second-order valence-electron chi connectivity index (χ2n) is 9.01. The molecule has 4 aromatic rings. The van der Waals surface area contributed by atoms with Gasteiger partial charge < -0.3 is 14.2 Å². The first kappa shape index (κ1) is 23.5. The van der Waals surface area contributed by atoms with Gasteiger partial charge in [-0.2, -0.15) is 4.80 Å². The predicted octanol–water partition coefficient (Wildman–Crippen LogP) is 3.98. The quantitative estimate of drug-likeness (QED) is 0.398. The van der Waals surface area contributed by atoms with Crippen molar-refractivity contribution in [2.45, 2.75) is 58.2 Å². The topological polar surface area (TPSA) is 119 Å². The van der Waals surface area contributed by atoms with Crippen molar-refractivity contribution in [2.24, 2.45) is 0 Å². The molecule has 5 rings (SSSR count). The van der Waals surface area contributed by atoms with Crippen LogP contribution in [0.25, 0.3) is 11.6 Å². The molecular weight excluding hydrogens is 460 g/mol. The maximum absolute atomic E-state index is 13.8. The molecule has 10 heteroatoms. The first-order chi connectivity index (χ1) is 17.5. The van der Waals surface area contributed by atoms with Gasteiger partial charge >= 0.3 is 0 Å². The molecule has 1 N–H and O–H groups in total. The van der Waals surface area contributed by atoms with Crippen LogP contribution in [0.15, 0.2) is 63.6 Å². The summed E-state index contributed by atoms with van der Waals surface area (Å²) < 4.78 is 11.2. The van der Waals surface area contributed by atoms with Gasteiger partial charge in [0.15, 0.2) is 11.8 Å². The van der Waals surface area contributed by atoms with Crippen LogP contribution in [0, 0.1) is 13.8 Å². The maximum atomic E-state index is 13.8. The molecule has 0 radical (unpaired) electrons. The molecule has 10 nitrogen and oxygen atoms in total. The first-order valence-electron chi connectivity index (χ1n) is 12.1. The Morgan fingerprint density at radius 2 is 1.92 bits per heavy atom. The van der Waals surface area contributed by atoms with Crippen LogP contribution in [0.3, 0.4) is 0 Å². The number of nitrogens with zero attached hydrogens (tertiary/aromatic N) is 5. The average Bonchev–Trinajstić information content (AvgIpc) is 3.66. The van der Waals surface area contributed by atoms with Gasteiger partial charge in [-0.1, -0.05) is 31.0 Å². The second kappa shape index (κ2) is 10.2. The summed E-state index contributed by atoms with van der Waals surface area (Å²) in [6.07, 6.45) is 5.50. The van der Waals surface area contributed by atoms with Crippen molar-refractivity contribution in [3.05, 3.63) is 71.9 Å². The molecule has 1 fully saturated rings. The minimum absolute atomic E-state index is 0.0834. The highest BCUT2D eigenvalue weighted by Crippen LogP contribution is 2.32.